The zero-order valence-electron chi connectivity index (χ0n) is 14.9. The van der Waals surface area contributed by atoms with Crippen LogP contribution in [0.25, 0.3) is 0 Å². The van der Waals surface area contributed by atoms with E-state index < -0.39 is 0 Å². The number of aromatic nitrogens is 3. The maximum absolute atomic E-state index is 6.13. The molecule has 4 rings (SSSR count). The van der Waals surface area contributed by atoms with Gasteiger partial charge in [0.05, 0.1) is 12.7 Å². The predicted molar refractivity (Wildman–Crippen MR) is 94.6 cm³/mol. The third-order valence-corrected chi connectivity index (χ3v) is 5.33. The molecule has 3 heterocycles. The highest BCUT2D eigenvalue weighted by atomic mass is 16.5. The van der Waals surface area contributed by atoms with Crippen LogP contribution in [0.2, 0.25) is 0 Å². The summed E-state index contributed by atoms with van der Waals surface area (Å²) in [6.45, 7) is 5.95. The Kier molecular flexibility index (Phi) is 4.72. The number of H-pyrrole nitrogens is 1. The molecule has 1 aromatic heterocycles. The van der Waals surface area contributed by atoms with Gasteiger partial charge < -0.3 is 14.8 Å². The monoisotopic (exact) mass is 342 g/mol. The molecule has 6 nitrogen and oxygen atoms in total. The quantitative estimate of drug-likeness (QED) is 0.893. The number of hydrogen-bond acceptors (Lipinski definition) is 5. The molecule has 0 aliphatic carbocycles. The third-order valence-electron chi connectivity index (χ3n) is 5.33. The van der Waals surface area contributed by atoms with Crippen LogP contribution in [0.5, 0.6) is 5.75 Å². The molecule has 1 unspecified atom stereocenters. The average molecular weight is 342 g/mol. The number of ether oxygens (including phenoxy) is 2. The van der Waals surface area contributed by atoms with Gasteiger partial charge in [0.1, 0.15) is 18.2 Å². The van der Waals surface area contributed by atoms with Crippen LogP contribution in [0.1, 0.15) is 60.3 Å². The van der Waals surface area contributed by atoms with Crippen molar-refractivity contribution in [3.63, 3.8) is 0 Å². The van der Waals surface area contributed by atoms with Gasteiger partial charge >= 0.3 is 0 Å². The second-order valence-electron chi connectivity index (χ2n) is 7.12. The highest BCUT2D eigenvalue weighted by molar-refractivity contribution is 5.44. The molecular formula is C19H26N4O2. The Labute approximate surface area is 148 Å². The molecular weight excluding hydrogens is 316 g/mol. The summed E-state index contributed by atoms with van der Waals surface area (Å²) in [6.07, 6.45) is 5.99. The number of rotatable bonds is 4. The molecule has 2 N–H and O–H groups in total. The maximum Gasteiger partial charge on any atom is 0.153 e. The highest BCUT2D eigenvalue weighted by Crippen LogP contribution is 2.35. The number of benzene rings is 1. The van der Waals surface area contributed by atoms with Crippen LogP contribution in [0, 0.1) is 13.8 Å². The van der Waals surface area contributed by atoms with Crippen LogP contribution in [-0.2, 0) is 4.74 Å². The number of fused-ring (bicyclic) bond motifs is 1. The average Bonchev–Trinajstić information content (AvgIpc) is 3.25. The van der Waals surface area contributed by atoms with Gasteiger partial charge in [0.2, 0.25) is 0 Å². The topological polar surface area (TPSA) is 72.1 Å². The third kappa shape index (κ3) is 3.55. The molecule has 25 heavy (non-hydrogen) atoms. The Morgan fingerprint density at radius 1 is 1.20 bits per heavy atom. The minimum Gasteiger partial charge on any atom is -0.493 e. The van der Waals surface area contributed by atoms with Gasteiger partial charge in [-0.1, -0.05) is 6.07 Å². The number of nitrogens with one attached hydrogen (secondary N) is 2. The van der Waals surface area contributed by atoms with E-state index >= 15 is 0 Å². The fraction of sp³-hybridized carbons (Fsp3) is 0.579. The van der Waals surface area contributed by atoms with Crippen LogP contribution in [0.15, 0.2) is 18.5 Å². The van der Waals surface area contributed by atoms with Crippen molar-refractivity contribution >= 4 is 0 Å². The van der Waals surface area contributed by atoms with Crippen molar-refractivity contribution < 1.29 is 9.47 Å². The zero-order valence-corrected chi connectivity index (χ0v) is 14.9. The molecule has 2 aromatic rings. The maximum atomic E-state index is 6.13. The second kappa shape index (κ2) is 7.14. The molecule has 0 saturated carbocycles. The van der Waals surface area contributed by atoms with E-state index in [0.29, 0.717) is 6.04 Å². The minimum atomic E-state index is 0.0453. The summed E-state index contributed by atoms with van der Waals surface area (Å²) in [5.41, 5.74) is 3.89. The lowest BCUT2D eigenvalue weighted by atomic mass is 9.97. The molecule has 134 valence electrons. The number of nitrogens with zero attached hydrogens (tertiary/aromatic N) is 2. The molecule has 0 amide bonds. The summed E-state index contributed by atoms with van der Waals surface area (Å²) in [5.74, 6) is 1.87. The first-order chi connectivity index (χ1) is 12.2. The molecule has 0 radical (unpaired) electrons. The largest absolute Gasteiger partial charge is 0.493 e. The molecule has 1 saturated heterocycles. The van der Waals surface area contributed by atoms with E-state index in [4.69, 9.17) is 9.47 Å². The van der Waals surface area contributed by atoms with Gasteiger partial charge in [-0.2, -0.15) is 5.10 Å². The van der Waals surface area contributed by atoms with Crippen LogP contribution < -0.4 is 10.1 Å². The summed E-state index contributed by atoms with van der Waals surface area (Å²) in [7, 11) is 0. The lowest BCUT2D eigenvalue weighted by Gasteiger charge is -2.22. The molecule has 3 atom stereocenters. The van der Waals surface area contributed by atoms with Gasteiger partial charge in [-0.3, -0.25) is 5.10 Å². The van der Waals surface area contributed by atoms with E-state index in [1.807, 2.05) is 0 Å². The van der Waals surface area contributed by atoms with Crippen molar-refractivity contribution in [2.75, 3.05) is 13.2 Å². The smallest absolute Gasteiger partial charge is 0.153 e. The van der Waals surface area contributed by atoms with Crippen LogP contribution >= 0.6 is 0 Å². The number of aryl methyl sites for hydroxylation is 2. The molecule has 2 aliphatic rings. The summed E-state index contributed by atoms with van der Waals surface area (Å²) in [5, 5.41) is 10.6. The Morgan fingerprint density at radius 2 is 2.08 bits per heavy atom. The molecule has 0 spiro atoms. The van der Waals surface area contributed by atoms with Crippen LogP contribution in [0.3, 0.4) is 0 Å². The lowest BCUT2D eigenvalue weighted by Crippen LogP contribution is -2.30. The minimum absolute atomic E-state index is 0.0453. The molecule has 1 aromatic carbocycles. The van der Waals surface area contributed by atoms with E-state index in [9.17, 15) is 0 Å². The lowest BCUT2D eigenvalue weighted by molar-refractivity contribution is 0.0386. The van der Waals surface area contributed by atoms with Crippen LogP contribution in [-0.4, -0.2) is 34.4 Å². The first kappa shape index (κ1) is 16.5. The summed E-state index contributed by atoms with van der Waals surface area (Å²) in [6, 6.07) is 4.78. The Bertz CT molecular complexity index is 716. The van der Waals surface area contributed by atoms with E-state index in [1.54, 1.807) is 0 Å². The summed E-state index contributed by atoms with van der Waals surface area (Å²) < 4.78 is 12.1. The van der Waals surface area contributed by atoms with Crippen molar-refractivity contribution in [3.05, 3.63) is 41.0 Å². The number of aromatic amines is 1. The fourth-order valence-corrected chi connectivity index (χ4v) is 3.75. The Hall–Kier alpha value is -1.92. The van der Waals surface area contributed by atoms with Crippen molar-refractivity contribution in [3.8, 4) is 5.75 Å². The van der Waals surface area contributed by atoms with E-state index in [1.165, 1.54) is 23.0 Å². The fourth-order valence-electron chi connectivity index (χ4n) is 3.75. The standard InChI is InChI=1S/C19H26N4O2/c1-12-8-15-16(4-3-7-24-18(15)9-13(12)2)20-10-14-5-6-17(25-14)19-21-11-22-23-19/h8-9,11,14,16-17,20H,3-7,10H2,1-2H3,(H,21,22,23)/t14-,16?,17+/m1/s1. The van der Waals surface area contributed by atoms with Gasteiger partial charge in [0.15, 0.2) is 5.82 Å². The molecule has 1 fully saturated rings. The predicted octanol–water partition coefficient (Wildman–Crippen LogP) is 3.15. The van der Waals surface area contributed by atoms with E-state index in [2.05, 4.69) is 46.5 Å². The normalized spacial score (nSPS) is 26.1. The van der Waals surface area contributed by atoms with Crippen molar-refractivity contribution in [1.82, 2.24) is 20.5 Å². The first-order valence-corrected chi connectivity index (χ1v) is 9.19. The molecule has 6 heteroatoms. The van der Waals surface area contributed by atoms with Gasteiger partial charge in [0, 0.05) is 18.2 Å². The SMILES string of the molecule is Cc1cc2c(cc1C)C(NC[C@H]1CC[C@@H](c3ncn[nH]3)O1)CCCO2. The van der Waals surface area contributed by atoms with Gasteiger partial charge in [-0.15, -0.1) is 0 Å². The highest BCUT2D eigenvalue weighted by Gasteiger charge is 2.29. The summed E-state index contributed by atoms with van der Waals surface area (Å²) >= 11 is 0. The van der Waals surface area contributed by atoms with Gasteiger partial charge in [0.25, 0.3) is 0 Å². The van der Waals surface area contributed by atoms with Crippen molar-refractivity contribution in [2.24, 2.45) is 0 Å². The molecule has 0 bridgehead atoms. The van der Waals surface area contributed by atoms with Crippen molar-refractivity contribution in [1.29, 1.82) is 0 Å². The second-order valence-corrected chi connectivity index (χ2v) is 7.12. The Morgan fingerprint density at radius 3 is 2.92 bits per heavy atom. The zero-order chi connectivity index (χ0) is 17.2. The molecule has 2 aliphatic heterocycles. The first-order valence-electron chi connectivity index (χ1n) is 9.19. The van der Waals surface area contributed by atoms with Gasteiger partial charge in [-0.05, 0) is 56.7 Å². The van der Waals surface area contributed by atoms with Crippen molar-refractivity contribution in [2.45, 2.75) is 57.8 Å². The van der Waals surface area contributed by atoms with Crippen LogP contribution in [0.4, 0.5) is 0 Å². The summed E-state index contributed by atoms with van der Waals surface area (Å²) in [4.78, 5) is 4.21. The van der Waals surface area contributed by atoms with E-state index in [0.717, 1.165) is 50.4 Å². The van der Waals surface area contributed by atoms with E-state index in [-0.39, 0.29) is 12.2 Å². The van der Waals surface area contributed by atoms with Gasteiger partial charge in [-0.25, -0.2) is 4.98 Å². The Balaban J connectivity index is 1.41. The number of hydrogen-bond donors (Lipinski definition) is 2.